The molecule has 2 aliphatic heterocycles. The topological polar surface area (TPSA) is 114 Å². The number of ether oxygens (including phenoxy) is 2. The minimum Gasteiger partial charge on any atom is -0.494 e. The molecule has 0 radical (unpaired) electrons. The molecule has 34 heavy (non-hydrogen) atoms. The van der Waals surface area contributed by atoms with Gasteiger partial charge in [0.1, 0.15) is 5.75 Å². The molecule has 2 N–H and O–H groups in total. The van der Waals surface area contributed by atoms with Crippen LogP contribution in [0.2, 0.25) is 0 Å². The number of hydrogen-bond acceptors (Lipinski definition) is 6. The largest absolute Gasteiger partial charge is 0.494 e. The van der Waals surface area contributed by atoms with E-state index in [4.69, 9.17) is 9.47 Å². The van der Waals surface area contributed by atoms with Crippen molar-refractivity contribution in [3.63, 3.8) is 0 Å². The molecule has 2 aromatic carbocycles. The highest BCUT2D eigenvalue weighted by Gasteiger charge is 2.35. The third-order valence-electron chi connectivity index (χ3n) is 5.91. The molecule has 2 heterocycles. The lowest BCUT2D eigenvalue weighted by Crippen LogP contribution is -2.31. The summed E-state index contributed by atoms with van der Waals surface area (Å²) in [5.41, 5.74) is 1.18. The molecule has 2 atom stereocenters. The second-order valence-electron chi connectivity index (χ2n) is 8.33. The molecule has 0 aliphatic carbocycles. The van der Waals surface area contributed by atoms with E-state index in [0.29, 0.717) is 24.6 Å². The fraction of sp³-hybridized carbons (Fsp3) is 0.417. The Morgan fingerprint density at radius 1 is 1.15 bits per heavy atom. The number of rotatable bonds is 9. The quantitative estimate of drug-likeness (QED) is 0.562. The maximum Gasteiger partial charge on any atom is 0.240 e. The van der Waals surface area contributed by atoms with E-state index in [-0.39, 0.29) is 42.3 Å². The van der Waals surface area contributed by atoms with Crippen LogP contribution in [0.1, 0.15) is 26.2 Å². The van der Waals surface area contributed by atoms with Gasteiger partial charge in [0, 0.05) is 37.5 Å². The Labute approximate surface area is 199 Å². The average molecular weight is 488 g/mol. The maximum absolute atomic E-state index is 12.8. The van der Waals surface area contributed by atoms with E-state index >= 15 is 0 Å². The molecule has 2 aromatic rings. The molecular weight excluding hydrogens is 458 g/mol. The van der Waals surface area contributed by atoms with Crippen LogP contribution >= 0.6 is 0 Å². The van der Waals surface area contributed by atoms with Crippen molar-refractivity contribution in [3.8, 4) is 5.75 Å². The zero-order valence-corrected chi connectivity index (χ0v) is 19.8. The first-order valence-corrected chi connectivity index (χ1v) is 12.9. The Balaban J connectivity index is 1.33. The summed E-state index contributed by atoms with van der Waals surface area (Å²) in [5, 5.41) is 2.78. The van der Waals surface area contributed by atoms with Gasteiger partial charge >= 0.3 is 0 Å². The van der Waals surface area contributed by atoms with Gasteiger partial charge in [-0.05, 0) is 68.3 Å². The monoisotopic (exact) mass is 487 g/mol. The van der Waals surface area contributed by atoms with Gasteiger partial charge in [0.2, 0.25) is 21.8 Å². The van der Waals surface area contributed by atoms with E-state index in [2.05, 4.69) is 10.0 Å². The third-order valence-corrected chi connectivity index (χ3v) is 7.35. The summed E-state index contributed by atoms with van der Waals surface area (Å²) < 4.78 is 38.4. The van der Waals surface area contributed by atoms with E-state index in [1.807, 2.05) is 6.92 Å². The van der Waals surface area contributed by atoms with Crippen molar-refractivity contribution in [2.24, 2.45) is 5.92 Å². The summed E-state index contributed by atoms with van der Waals surface area (Å²) in [5.74, 6) is -0.188. The predicted octanol–water partition coefficient (Wildman–Crippen LogP) is 2.53. The summed E-state index contributed by atoms with van der Waals surface area (Å²) in [7, 11) is -3.66. The van der Waals surface area contributed by atoms with Crippen molar-refractivity contribution >= 4 is 33.2 Å². The van der Waals surface area contributed by atoms with Crippen LogP contribution in [0.15, 0.2) is 53.4 Å². The molecule has 10 heteroatoms. The fourth-order valence-electron chi connectivity index (χ4n) is 4.07. The highest BCUT2D eigenvalue weighted by atomic mass is 32.2. The van der Waals surface area contributed by atoms with E-state index in [1.54, 1.807) is 41.3 Å². The first kappa shape index (κ1) is 24.2. The molecule has 2 saturated heterocycles. The van der Waals surface area contributed by atoms with Crippen LogP contribution in [-0.2, 0) is 24.3 Å². The standard InChI is InChI=1S/C24H29N3O6S/c1-2-32-20-9-7-19(8-10-20)27-16-17(14-23(27)28)24(29)26-18-5-11-22(12-6-18)34(30,31)25-15-21-4-3-13-33-21/h5-12,17,21,25H,2-4,13-16H2,1H3,(H,26,29)/t17-,21-/m1/s1. The van der Waals surface area contributed by atoms with Gasteiger partial charge in [0.15, 0.2) is 0 Å². The van der Waals surface area contributed by atoms with E-state index in [9.17, 15) is 18.0 Å². The Morgan fingerprint density at radius 2 is 1.88 bits per heavy atom. The third kappa shape index (κ3) is 5.75. The lowest BCUT2D eigenvalue weighted by Gasteiger charge is -2.17. The van der Waals surface area contributed by atoms with Gasteiger partial charge < -0.3 is 19.7 Å². The number of sulfonamides is 1. The van der Waals surface area contributed by atoms with Crippen LogP contribution in [0.5, 0.6) is 5.75 Å². The fourth-order valence-corrected chi connectivity index (χ4v) is 5.14. The van der Waals surface area contributed by atoms with Gasteiger partial charge in [-0.1, -0.05) is 0 Å². The minimum absolute atomic E-state index is 0.0929. The zero-order chi connectivity index (χ0) is 24.1. The molecule has 0 saturated carbocycles. The number of carbonyl (C=O) groups is 2. The summed E-state index contributed by atoms with van der Waals surface area (Å²) in [6.45, 7) is 3.63. The molecule has 2 fully saturated rings. The summed E-state index contributed by atoms with van der Waals surface area (Å²) in [6.07, 6.45) is 1.79. The molecular formula is C24H29N3O6S. The van der Waals surface area contributed by atoms with Gasteiger partial charge in [-0.2, -0.15) is 0 Å². The van der Waals surface area contributed by atoms with Crippen LogP contribution < -0.4 is 19.7 Å². The van der Waals surface area contributed by atoms with Crippen molar-refractivity contribution in [2.45, 2.75) is 37.2 Å². The number of benzene rings is 2. The number of hydrogen-bond donors (Lipinski definition) is 2. The normalized spacial score (nSPS) is 20.5. The first-order valence-electron chi connectivity index (χ1n) is 11.4. The number of nitrogens with one attached hydrogen (secondary N) is 2. The van der Waals surface area contributed by atoms with Crippen molar-refractivity contribution in [1.82, 2.24) is 4.72 Å². The summed E-state index contributed by atoms with van der Waals surface area (Å²) in [6, 6.07) is 13.2. The molecule has 9 nitrogen and oxygen atoms in total. The SMILES string of the molecule is CCOc1ccc(N2C[C@H](C(=O)Nc3ccc(S(=O)(=O)NC[C@H]4CCCO4)cc3)CC2=O)cc1. The molecule has 2 aliphatic rings. The van der Waals surface area contributed by atoms with E-state index < -0.39 is 15.9 Å². The minimum atomic E-state index is -3.66. The lowest BCUT2D eigenvalue weighted by atomic mass is 10.1. The number of amides is 2. The lowest BCUT2D eigenvalue weighted by molar-refractivity contribution is -0.122. The van der Waals surface area contributed by atoms with Crippen LogP contribution in [-0.4, -0.2) is 52.6 Å². The Bertz CT molecular complexity index is 1110. The van der Waals surface area contributed by atoms with Crippen LogP contribution in [0.3, 0.4) is 0 Å². The number of anilines is 2. The zero-order valence-electron chi connectivity index (χ0n) is 19.0. The van der Waals surface area contributed by atoms with Gasteiger partial charge in [-0.15, -0.1) is 0 Å². The van der Waals surface area contributed by atoms with E-state index in [1.165, 1.54) is 12.1 Å². The van der Waals surface area contributed by atoms with Crippen LogP contribution in [0.25, 0.3) is 0 Å². The highest BCUT2D eigenvalue weighted by molar-refractivity contribution is 7.89. The van der Waals surface area contributed by atoms with Crippen molar-refractivity contribution in [3.05, 3.63) is 48.5 Å². The van der Waals surface area contributed by atoms with Gasteiger partial charge in [0.25, 0.3) is 0 Å². The van der Waals surface area contributed by atoms with Crippen molar-refractivity contribution in [2.75, 3.05) is 36.5 Å². The summed E-state index contributed by atoms with van der Waals surface area (Å²) >= 11 is 0. The molecule has 182 valence electrons. The Kier molecular flexibility index (Phi) is 7.50. The highest BCUT2D eigenvalue weighted by Crippen LogP contribution is 2.28. The molecule has 0 unspecified atom stereocenters. The Morgan fingerprint density at radius 3 is 2.53 bits per heavy atom. The van der Waals surface area contributed by atoms with Crippen molar-refractivity contribution in [1.29, 1.82) is 0 Å². The molecule has 0 spiro atoms. The first-order chi connectivity index (χ1) is 16.4. The van der Waals surface area contributed by atoms with Gasteiger partial charge in [0.05, 0.1) is 23.5 Å². The van der Waals surface area contributed by atoms with Gasteiger partial charge in [-0.25, -0.2) is 13.1 Å². The Hall–Kier alpha value is -2.95. The smallest absolute Gasteiger partial charge is 0.240 e. The molecule has 0 bridgehead atoms. The second-order valence-corrected chi connectivity index (χ2v) is 10.1. The maximum atomic E-state index is 12.8. The molecule has 0 aromatic heterocycles. The van der Waals surface area contributed by atoms with Gasteiger partial charge in [-0.3, -0.25) is 9.59 Å². The van der Waals surface area contributed by atoms with Crippen LogP contribution in [0.4, 0.5) is 11.4 Å². The summed E-state index contributed by atoms with van der Waals surface area (Å²) in [4.78, 5) is 27.0. The van der Waals surface area contributed by atoms with E-state index in [0.717, 1.165) is 18.6 Å². The average Bonchev–Trinajstić information content (AvgIpc) is 3.49. The van der Waals surface area contributed by atoms with Crippen LogP contribution in [0, 0.1) is 5.92 Å². The molecule has 4 rings (SSSR count). The van der Waals surface area contributed by atoms with Crippen molar-refractivity contribution < 1.29 is 27.5 Å². The second kappa shape index (κ2) is 10.5. The predicted molar refractivity (Wildman–Crippen MR) is 127 cm³/mol. The number of nitrogens with zero attached hydrogens (tertiary/aromatic N) is 1. The number of carbonyl (C=O) groups excluding carboxylic acids is 2. The molecule has 2 amide bonds.